The summed E-state index contributed by atoms with van der Waals surface area (Å²) < 4.78 is 5.71. The van der Waals surface area contributed by atoms with Crippen molar-refractivity contribution in [2.24, 2.45) is 23.2 Å². The van der Waals surface area contributed by atoms with Gasteiger partial charge in [-0.15, -0.1) is 0 Å². The van der Waals surface area contributed by atoms with Crippen LogP contribution in [-0.4, -0.2) is 33.9 Å². The molecule has 0 spiro atoms. The number of aromatic nitrogens is 3. The second kappa shape index (κ2) is 9.22. The van der Waals surface area contributed by atoms with Crippen LogP contribution in [0, 0.1) is 23.2 Å². The van der Waals surface area contributed by atoms with Crippen molar-refractivity contribution in [2.75, 3.05) is 17.7 Å². The standard InChI is InChI=1S/C31H31N5O3/c1-39-26-14-22(33-30(38)31-15-18-10-19(16-31)12-20(11-18)17-31)6-7-23(26)28-34-24-8-5-21(13-25(24)35-28)29(37)36-27-4-2-3-9-32-27/h2-9,13-14,18-20H,10-12,15-17H2,1H3,(H,33,38)(H,34,35)(H,32,36,37). The fourth-order valence-electron chi connectivity index (χ4n) is 7.52. The zero-order valence-electron chi connectivity index (χ0n) is 21.9. The zero-order valence-corrected chi connectivity index (χ0v) is 21.9. The molecule has 198 valence electrons. The Bertz CT molecular complexity index is 1540. The third-order valence-corrected chi connectivity index (χ3v) is 8.89. The van der Waals surface area contributed by atoms with Crippen molar-refractivity contribution in [3.8, 4) is 17.1 Å². The van der Waals surface area contributed by atoms with Crippen LogP contribution < -0.4 is 15.4 Å². The van der Waals surface area contributed by atoms with Crippen molar-refractivity contribution in [3.63, 3.8) is 0 Å². The number of nitrogens with zero attached hydrogens (tertiary/aromatic N) is 2. The third-order valence-electron chi connectivity index (χ3n) is 8.89. The molecule has 8 nitrogen and oxygen atoms in total. The number of anilines is 2. The van der Waals surface area contributed by atoms with Gasteiger partial charge in [0.15, 0.2) is 0 Å². The minimum Gasteiger partial charge on any atom is -0.496 e. The van der Waals surface area contributed by atoms with Crippen LogP contribution in [0.5, 0.6) is 5.75 Å². The summed E-state index contributed by atoms with van der Waals surface area (Å²) in [5.74, 6) is 3.79. The first-order chi connectivity index (χ1) is 19.0. The molecule has 0 radical (unpaired) electrons. The lowest BCUT2D eigenvalue weighted by Gasteiger charge is -2.55. The van der Waals surface area contributed by atoms with E-state index in [9.17, 15) is 9.59 Å². The number of H-pyrrole nitrogens is 1. The van der Waals surface area contributed by atoms with Crippen LogP contribution in [0.25, 0.3) is 22.4 Å². The van der Waals surface area contributed by atoms with Gasteiger partial charge >= 0.3 is 0 Å². The van der Waals surface area contributed by atoms with Crippen molar-refractivity contribution in [3.05, 3.63) is 66.4 Å². The van der Waals surface area contributed by atoms with Gasteiger partial charge in [0, 0.05) is 23.5 Å². The Morgan fingerprint density at radius 2 is 1.72 bits per heavy atom. The van der Waals surface area contributed by atoms with Crippen molar-refractivity contribution in [1.82, 2.24) is 15.0 Å². The lowest BCUT2D eigenvalue weighted by molar-refractivity contribution is -0.140. The predicted molar refractivity (Wildman–Crippen MR) is 150 cm³/mol. The average molecular weight is 522 g/mol. The summed E-state index contributed by atoms with van der Waals surface area (Å²) in [6.07, 6.45) is 8.64. The Kier molecular flexibility index (Phi) is 5.65. The van der Waals surface area contributed by atoms with E-state index in [0.29, 0.717) is 46.2 Å². The molecule has 0 atom stereocenters. The van der Waals surface area contributed by atoms with Crippen molar-refractivity contribution in [2.45, 2.75) is 38.5 Å². The molecule has 4 bridgehead atoms. The molecule has 4 saturated carbocycles. The lowest BCUT2D eigenvalue weighted by Crippen LogP contribution is -2.51. The van der Waals surface area contributed by atoms with Crippen LogP contribution in [0.15, 0.2) is 60.8 Å². The number of methoxy groups -OCH3 is 1. The van der Waals surface area contributed by atoms with Gasteiger partial charge in [0.1, 0.15) is 17.4 Å². The van der Waals surface area contributed by atoms with Crippen molar-refractivity contribution < 1.29 is 14.3 Å². The molecule has 0 unspecified atom stereocenters. The minimum absolute atomic E-state index is 0.164. The Morgan fingerprint density at radius 3 is 2.41 bits per heavy atom. The predicted octanol–water partition coefficient (Wildman–Crippen LogP) is 6.04. The number of pyridine rings is 1. The molecule has 8 rings (SSSR count). The monoisotopic (exact) mass is 521 g/mol. The average Bonchev–Trinajstić information content (AvgIpc) is 3.36. The van der Waals surface area contributed by atoms with E-state index < -0.39 is 0 Å². The highest BCUT2D eigenvalue weighted by Crippen LogP contribution is 2.60. The van der Waals surface area contributed by atoms with E-state index in [-0.39, 0.29) is 17.2 Å². The number of aromatic amines is 1. The number of benzene rings is 2. The number of imidazole rings is 1. The molecule has 4 aliphatic rings. The molecule has 3 N–H and O–H groups in total. The second-order valence-corrected chi connectivity index (χ2v) is 11.6. The van der Waals surface area contributed by atoms with Crippen LogP contribution in [0.3, 0.4) is 0 Å². The largest absolute Gasteiger partial charge is 0.496 e. The molecule has 0 saturated heterocycles. The smallest absolute Gasteiger partial charge is 0.256 e. The molecule has 2 heterocycles. The van der Waals surface area contributed by atoms with E-state index in [1.165, 1.54) is 19.3 Å². The Hall–Kier alpha value is -4.20. The van der Waals surface area contributed by atoms with E-state index in [4.69, 9.17) is 9.72 Å². The Labute approximate surface area is 226 Å². The zero-order chi connectivity index (χ0) is 26.6. The summed E-state index contributed by atoms with van der Waals surface area (Å²) in [5.41, 5.74) is 3.27. The van der Waals surface area contributed by atoms with Gasteiger partial charge in [-0.3, -0.25) is 9.59 Å². The van der Waals surface area contributed by atoms with Gasteiger partial charge in [0.25, 0.3) is 5.91 Å². The summed E-state index contributed by atoms with van der Waals surface area (Å²) in [6.45, 7) is 0. The number of hydrogen-bond acceptors (Lipinski definition) is 5. The number of amides is 2. The molecule has 8 heteroatoms. The summed E-state index contributed by atoms with van der Waals surface area (Å²) in [5, 5.41) is 6.02. The molecular weight excluding hydrogens is 490 g/mol. The molecule has 39 heavy (non-hydrogen) atoms. The number of carbonyl (C=O) groups excluding carboxylic acids is 2. The van der Waals surface area contributed by atoms with E-state index in [1.54, 1.807) is 37.6 Å². The number of fused-ring (bicyclic) bond motifs is 1. The number of hydrogen-bond donors (Lipinski definition) is 3. The lowest BCUT2D eigenvalue weighted by atomic mass is 9.49. The van der Waals surface area contributed by atoms with Crippen LogP contribution in [-0.2, 0) is 4.79 Å². The van der Waals surface area contributed by atoms with Gasteiger partial charge in [0.2, 0.25) is 5.91 Å². The van der Waals surface area contributed by atoms with Gasteiger partial charge in [0.05, 0.1) is 29.1 Å². The molecular formula is C31H31N5O3. The van der Waals surface area contributed by atoms with E-state index in [0.717, 1.165) is 36.0 Å². The van der Waals surface area contributed by atoms with Crippen LogP contribution in [0.4, 0.5) is 11.5 Å². The molecule has 4 aromatic rings. The van der Waals surface area contributed by atoms with Crippen molar-refractivity contribution >= 4 is 34.4 Å². The van der Waals surface area contributed by atoms with Gasteiger partial charge in [-0.2, -0.15) is 0 Å². The van der Waals surface area contributed by atoms with Crippen LogP contribution >= 0.6 is 0 Å². The van der Waals surface area contributed by atoms with Gasteiger partial charge in [-0.25, -0.2) is 9.97 Å². The quantitative estimate of drug-likeness (QED) is 0.287. The normalized spacial score (nSPS) is 25.0. The van der Waals surface area contributed by atoms with Crippen LogP contribution in [0.2, 0.25) is 0 Å². The molecule has 0 aliphatic heterocycles. The highest BCUT2D eigenvalue weighted by Gasteiger charge is 2.54. The Morgan fingerprint density at radius 1 is 0.949 bits per heavy atom. The van der Waals surface area contributed by atoms with Gasteiger partial charge < -0.3 is 20.4 Å². The number of ether oxygens (including phenoxy) is 1. The topological polar surface area (TPSA) is 109 Å². The number of carbonyl (C=O) groups is 2. The first-order valence-electron chi connectivity index (χ1n) is 13.7. The number of nitrogens with one attached hydrogen (secondary N) is 3. The van der Waals surface area contributed by atoms with E-state index >= 15 is 0 Å². The highest BCUT2D eigenvalue weighted by molar-refractivity contribution is 6.05. The van der Waals surface area contributed by atoms with Gasteiger partial charge in [-0.1, -0.05) is 6.07 Å². The summed E-state index contributed by atoms with van der Waals surface area (Å²) in [4.78, 5) is 38.5. The maximum absolute atomic E-state index is 13.5. The minimum atomic E-state index is -0.253. The molecule has 4 fully saturated rings. The van der Waals surface area contributed by atoms with Gasteiger partial charge in [-0.05, 0) is 98.7 Å². The second-order valence-electron chi connectivity index (χ2n) is 11.6. The molecule has 4 aliphatic carbocycles. The summed E-state index contributed by atoms with van der Waals surface area (Å²) in [7, 11) is 1.62. The highest BCUT2D eigenvalue weighted by atomic mass is 16.5. The third kappa shape index (κ3) is 4.33. The van der Waals surface area contributed by atoms with E-state index in [2.05, 4.69) is 20.6 Å². The maximum Gasteiger partial charge on any atom is 0.256 e. The summed E-state index contributed by atoms with van der Waals surface area (Å²) in [6, 6.07) is 16.4. The first kappa shape index (κ1) is 23.9. The molecule has 2 aromatic heterocycles. The fourth-order valence-corrected chi connectivity index (χ4v) is 7.52. The van der Waals surface area contributed by atoms with Crippen molar-refractivity contribution in [1.29, 1.82) is 0 Å². The fraction of sp³-hybridized carbons (Fsp3) is 0.355. The van der Waals surface area contributed by atoms with Crippen LogP contribution in [0.1, 0.15) is 48.9 Å². The SMILES string of the molecule is COc1cc(NC(=O)C23CC4CC(CC(C4)C2)C3)ccc1-c1nc2cc(C(=O)Nc3ccccn3)ccc2[nH]1. The molecule has 2 aromatic carbocycles. The molecule has 2 amide bonds. The first-order valence-corrected chi connectivity index (χ1v) is 13.7. The summed E-state index contributed by atoms with van der Waals surface area (Å²) >= 11 is 0. The van der Waals surface area contributed by atoms with E-state index in [1.807, 2.05) is 30.3 Å². The Balaban J connectivity index is 1.11. The maximum atomic E-state index is 13.5. The number of rotatable bonds is 6.